The lowest BCUT2D eigenvalue weighted by atomic mass is 9.82. The van der Waals surface area contributed by atoms with Crippen molar-refractivity contribution in [3.63, 3.8) is 0 Å². The molecule has 0 saturated heterocycles. The van der Waals surface area contributed by atoms with E-state index >= 15 is 0 Å². The van der Waals surface area contributed by atoms with Crippen molar-refractivity contribution in [1.82, 2.24) is 0 Å². The lowest BCUT2D eigenvalue weighted by Gasteiger charge is -2.22. The van der Waals surface area contributed by atoms with Gasteiger partial charge < -0.3 is 5.73 Å². The maximum Gasteiger partial charge on any atom is 0.224 e. The predicted octanol–water partition coefficient (Wildman–Crippen LogP) is 3.24. The highest BCUT2D eigenvalue weighted by atomic mass is 35.5. The molecule has 2 N–H and O–H groups in total. The summed E-state index contributed by atoms with van der Waals surface area (Å²) in [6.07, 6.45) is -5.50. The van der Waals surface area contributed by atoms with Crippen molar-refractivity contribution in [2.75, 3.05) is 0 Å². The molecule has 0 aromatic heterocycles. The molecule has 0 radical (unpaired) electrons. The largest absolute Gasteiger partial charge is 0.369 e. The Hall–Kier alpha value is -1.28. The zero-order valence-electron chi connectivity index (χ0n) is 15.9. The molecule has 2 aliphatic carbocycles. The van der Waals surface area contributed by atoms with Crippen LogP contribution in [0, 0.1) is 12.8 Å². The third kappa shape index (κ3) is 1.67. The van der Waals surface area contributed by atoms with Crippen molar-refractivity contribution in [1.29, 1.82) is 0 Å². The molecule has 1 aromatic carbocycles. The molecule has 0 heterocycles. The summed E-state index contributed by atoms with van der Waals surface area (Å²) in [5.41, 5.74) is 6.74. The number of nitrogens with two attached hydrogens (primary N) is 1. The Bertz CT molecular complexity index is 819. The smallest absolute Gasteiger partial charge is 0.224 e. The molecule has 1 atom stereocenters. The van der Waals surface area contributed by atoms with Gasteiger partial charge in [0.2, 0.25) is 5.91 Å². The number of amides is 1. The van der Waals surface area contributed by atoms with Crippen LogP contribution in [0.25, 0.3) is 5.57 Å². The highest BCUT2D eigenvalue weighted by Gasteiger charge is 2.33. The first-order valence-corrected chi connectivity index (χ1v) is 6.05. The second kappa shape index (κ2) is 4.13. The highest BCUT2D eigenvalue weighted by Crippen LogP contribution is 2.45. The number of fused-ring (bicyclic) bond motifs is 2. The molecule has 0 saturated carbocycles. The fraction of sp³-hybridized carbons (Fsp3) is 0.400. The Morgan fingerprint density at radius 3 is 3.22 bits per heavy atom. The molecule has 2 nitrogen and oxygen atoms in total. The number of carbonyl (C=O) groups excluding carboxylic acids is 1. The van der Waals surface area contributed by atoms with Crippen LogP contribution in [0.1, 0.15) is 44.1 Å². The first kappa shape index (κ1) is 6.76. The first-order chi connectivity index (χ1) is 10.8. The summed E-state index contributed by atoms with van der Waals surface area (Å²) < 4.78 is 49.4. The Morgan fingerprint density at radius 2 is 2.50 bits per heavy atom. The molecule has 0 fully saturated rings. The molecular weight excluding hydrogens is 246 g/mol. The van der Waals surface area contributed by atoms with Gasteiger partial charge in [-0.3, -0.25) is 4.79 Å². The normalized spacial score (nSPS) is 36.3. The number of hydrogen-bond donors (Lipinski definition) is 1. The zero-order chi connectivity index (χ0) is 18.2. The van der Waals surface area contributed by atoms with Crippen molar-refractivity contribution in [3.05, 3.63) is 39.4 Å². The van der Waals surface area contributed by atoms with Gasteiger partial charge in [0, 0.05) is 11.9 Å². The van der Waals surface area contributed by atoms with Gasteiger partial charge in [-0.05, 0) is 66.4 Å². The number of allylic oxidation sites excluding steroid dienone is 1. The molecule has 3 rings (SSSR count). The standard InChI is InChI=1S/C15H16ClNO/c1-8-5-9-6-13-10(12(9)7-14(8)16)3-2-4-11(13)15(17)18/h5,7,11H,2-4,6H2,1H3,(H2,17,18)/i2D2,3D2,5D,11D. The average molecular weight is 268 g/mol. The van der Waals surface area contributed by atoms with Gasteiger partial charge in [-0.1, -0.05) is 17.6 Å². The van der Waals surface area contributed by atoms with E-state index in [0.717, 1.165) is 0 Å². The summed E-state index contributed by atoms with van der Waals surface area (Å²) in [4.78, 5) is 11.9. The number of benzene rings is 1. The minimum absolute atomic E-state index is 0.0313. The van der Waals surface area contributed by atoms with E-state index in [1.807, 2.05) is 0 Å². The molecule has 0 bridgehead atoms. The second-order valence-electron chi connectivity index (χ2n) is 4.49. The second-order valence-corrected chi connectivity index (χ2v) is 4.89. The third-order valence-electron chi connectivity index (χ3n) is 3.36. The molecular formula is C15H16ClNO. The number of rotatable bonds is 1. The van der Waals surface area contributed by atoms with E-state index in [0.29, 0.717) is 16.7 Å². The SMILES string of the molecule is [2H]c1c(C)c(Cl)cc2c1CC1=C2C([2H])([2H])C([2H])([2H])CC1([2H])C(N)=O. The lowest BCUT2D eigenvalue weighted by molar-refractivity contribution is -0.121. The Kier molecular flexibility index (Phi) is 1.55. The Morgan fingerprint density at radius 1 is 1.72 bits per heavy atom. The number of primary amides is 1. The van der Waals surface area contributed by atoms with Gasteiger partial charge in [0.1, 0.15) is 0 Å². The van der Waals surface area contributed by atoms with Crippen molar-refractivity contribution >= 4 is 23.1 Å². The molecule has 0 spiro atoms. The van der Waals surface area contributed by atoms with Crippen LogP contribution in [0.5, 0.6) is 0 Å². The summed E-state index contributed by atoms with van der Waals surface area (Å²) in [6.45, 7) is 1.66. The van der Waals surface area contributed by atoms with Crippen LogP contribution < -0.4 is 5.73 Å². The van der Waals surface area contributed by atoms with Crippen LogP contribution in [0.3, 0.4) is 0 Å². The molecule has 2 aliphatic rings. The van der Waals surface area contributed by atoms with Crippen LogP contribution in [-0.4, -0.2) is 5.91 Å². The molecule has 0 aliphatic heterocycles. The van der Waals surface area contributed by atoms with Gasteiger partial charge in [-0.2, -0.15) is 0 Å². The molecule has 1 aromatic rings. The molecule has 94 valence electrons. The summed E-state index contributed by atoms with van der Waals surface area (Å²) in [5, 5.41) is 0.268. The topological polar surface area (TPSA) is 43.1 Å². The maximum atomic E-state index is 11.9. The van der Waals surface area contributed by atoms with Crippen LogP contribution in [0.4, 0.5) is 0 Å². The molecule has 1 unspecified atom stereocenters. The van der Waals surface area contributed by atoms with Crippen molar-refractivity contribution < 1.29 is 13.0 Å². The van der Waals surface area contributed by atoms with Gasteiger partial charge in [0.25, 0.3) is 0 Å². The fourth-order valence-corrected chi connectivity index (χ4v) is 2.59. The summed E-state index contributed by atoms with van der Waals surface area (Å²) in [5.74, 6) is -3.06. The number of hydrogen-bond acceptors (Lipinski definition) is 1. The van der Waals surface area contributed by atoms with E-state index in [-0.39, 0.29) is 28.6 Å². The van der Waals surface area contributed by atoms with Gasteiger partial charge in [-0.15, -0.1) is 0 Å². The van der Waals surface area contributed by atoms with Crippen molar-refractivity contribution in [2.24, 2.45) is 11.6 Å². The van der Waals surface area contributed by atoms with E-state index in [2.05, 4.69) is 0 Å². The monoisotopic (exact) mass is 267 g/mol. The molecule has 18 heavy (non-hydrogen) atoms. The highest BCUT2D eigenvalue weighted by molar-refractivity contribution is 6.31. The van der Waals surface area contributed by atoms with Crippen molar-refractivity contribution in [3.8, 4) is 0 Å². The predicted molar refractivity (Wildman–Crippen MR) is 73.3 cm³/mol. The van der Waals surface area contributed by atoms with E-state index in [1.165, 1.54) is 6.07 Å². The van der Waals surface area contributed by atoms with E-state index < -0.39 is 31.0 Å². The zero-order valence-corrected chi connectivity index (χ0v) is 10.6. The van der Waals surface area contributed by atoms with Crippen LogP contribution >= 0.6 is 11.6 Å². The Labute approximate surface area is 120 Å². The molecule has 3 heteroatoms. The lowest BCUT2D eigenvalue weighted by Crippen LogP contribution is -2.27. The summed E-state index contributed by atoms with van der Waals surface area (Å²) in [7, 11) is 0. The van der Waals surface area contributed by atoms with Gasteiger partial charge >= 0.3 is 0 Å². The maximum absolute atomic E-state index is 11.9. The van der Waals surface area contributed by atoms with Gasteiger partial charge in [-0.25, -0.2) is 0 Å². The number of halogens is 1. The minimum atomic E-state index is -2.45. The van der Waals surface area contributed by atoms with Crippen LogP contribution in [0.15, 0.2) is 17.7 Å². The average Bonchev–Trinajstić information content (AvgIpc) is 2.83. The summed E-state index contributed by atoms with van der Waals surface area (Å²) in [6, 6.07) is 1.61. The summed E-state index contributed by atoms with van der Waals surface area (Å²) >= 11 is 6.13. The fourth-order valence-electron chi connectivity index (χ4n) is 2.43. The first-order valence-electron chi connectivity index (χ1n) is 8.67. The van der Waals surface area contributed by atoms with Crippen LogP contribution in [-0.2, 0) is 11.2 Å². The quantitative estimate of drug-likeness (QED) is 0.834. The van der Waals surface area contributed by atoms with E-state index in [9.17, 15) is 4.79 Å². The van der Waals surface area contributed by atoms with E-state index in [4.69, 9.17) is 25.6 Å². The van der Waals surface area contributed by atoms with Crippen LogP contribution in [0.2, 0.25) is 5.02 Å². The van der Waals surface area contributed by atoms with Crippen molar-refractivity contribution in [2.45, 2.75) is 32.5 Å². The molecule has 1 amide bonds. The third-order valence-corrected chi connectivity index (χ3v) is 3.75. The van der Waals surface area contributed by atoms with Gasteiger partial charge in [0.15, 0.2) is 0 Å². The Balaban J connectivity index is 2.38. The van der Waals surface area contributed by atoms with Gasteiger partial charge in [0.05, 0.1) is 7.26 Å². The van der Waals surface area contributed by atoms with E-state index in [1.54, 1.807) is 6.92 Å². The minimum Gasteiger partial charge on any atom is -0.369 e. The number of carbonyl (C=O) groups is 1.